The largest absolute Gasteiger partial charge is 0.383 e. The highest BCUT2D eigenvalue weighted by atomic mass is 16.2. The van der Waals surface area contributed by atoms with Crippen molar-refractivity contribution in [2.75, 3.05) is 17.2 Å². The monoisotopic (exact) mass is 364 g/mol. The lowest BCUT2D eigenvalue weighted by Crippen LogP contribution is -2.45. The van der Waals surface area contributed by atoms with Crippen molar-refractivity contribution in [3.63, 3.8) is 0 Å². The molecule has 7 nitrogen and oxygen atoms in total. The molecular formula is C19H32N4O3. The fraction of sp³-hybridized carbons (Fsp3) is 0.737. The fourth-order valence-corrected chi connectivity index (χ4v) is 3.60. The van der Waals surface area contributed by atoms with Crippen LogP contribution in [0.25, 0.3) is 0 Å². The maximum Gasteiger partial charge on any atom is 0.330 e. The molecule has 1 heterocycles. The molecule has 0 saturated heterocycles. The van der Waals surface area contributed by atoms with Crippen molar-refractivity contribution in [2.45, 2.75) is 72.3 Å². The van der Waals surface area contributed by atoms with Crippen molar-refractivity contribution in [1.82, 2.24) is 9.55 Å². The Hall–Kier alpha value is -2.05. The summed E-state index contributed by atoms with van der Waals surface area (Å²) >= 11 is 0. The van der Waals surface area contributed by atoms with Gasteiger partial charge in [-0.2, -0.15) is 0 Å². The molecular weight excluding hydrogens is 332 g/mol. The van der Waals surface area contributed by atoms with Gasteiger partial charge in [-0.1, -0.05) is 46.5 Å². The van der Waals surface area contributed by atoms with Crippen LogP contribution < -0.4 is 21.9 Å². The van der Waals surface area contributed by atoms with Gasteiger partial charge in [0, 0.05) is 19.0 Å². The van der Waals surface area contributed by atoms with E-state index in [2.05, 4.69) is 4.98 Å². The lowest BCUT2D eigenvalue weighted by molar-refractivity contribution is -0.123. The summed E-state index contributed by atoms with van der Waals surface area (Å²) < 4.78 is 1.38. The number of aromatic amines is 1. The van der Waals surface area contributed by atoms with E-state index in [-0.39, 0.29) is 29.2 Å². The van der Waals surface area contributed by atoms with Gasteiger partial charge in [-0.05, 0) is 25.2 Å². The molecule has 0 aliphatic heterocycles. The van der Waals surface area contributed by atoms with Gasteiger partial charge in [0.2, 0.25) is 5.91 Å². The van der Waals surface area contributed by atoms with Gasteiger partial charge in [0.1, 0.15) is 5.82 Å². The number of nitrogens with two attached hydrogens (primary N) is 1. The molecule has 1 amide bonds. The fourth-order valence-electron chi connectivity index (χ4n) is 3.60. The summed E-state index contributed by atoms with van der Waals surface area (Å²) in [6.45, 7) is 6.86. The third-order valence-corrected chi connectivity index (χ3v) is 4.99. The van der Waals surface area contributed by atoms with E-state index in [1.165, 1.54) is 9.47 Å². The first-order valence-electron chi connectivity index (χ1n) is 9.80. The van der Waals surface area contributed by atoms with E-state index in [9.17, 15) is 14.4 Å². The van der Waals surface area contributed by atoms with Crippen molar-refractivity contribution in [3.8, 4) is 0 Å². The van der Waals surface area contributed by atoms with E-state index in [0.29, 0.717) is 13.1 Å². The number of amides is 1. The number of carbonyl (C=O) groups excluding carboxylic acids is 1. The van der Waals surface area contributed by atoms with E-state index in [1.54, 1.807) is 0 Å². The first-order chi connectivity index (χ1) is 12.4. The van der Waals surface area contributed by atoms with Crippen LogP contribution in [0.1, 0.15) is 65.7 Å². The number of rotatable bonds is 7. The SMILES string of the molecule is CCCCn1c(N)c(N(CC(C)C)C(=O)C2CCCCC2)c(=O)[nH]c1=O. The zero-order valence-electron chi connectivity index (χ0n) is 16.2. The number of anilines is 2. The zero-order chi connectivity index (χ0) is 19.3. The van der Waals surface area contributed by atoms with Crippen LogP contribution >= 0.6 is 0 Å². The standard InChI is InChI=1S/C19H32N4O3/c1-4-5-11-22-16(20)15(17(24)21-19(22)26)23(12-13(2)3)18(25)14-9-7-6-8-10-14/h13-14H,4-12,20H2,1-3H3,(H,21,24,26). The second kappa shape index (κ2) is 9.05. The second-order valence-corrected chi connectivity index (χ2v) is 7.68. The van der Waals surface area contributed by atoms with Gasteiger partial charge in [-0.15, -0.1) is 0 Å². The zero-order valence-corrected chi connectivity index (χ0v) is 16.2. The van der Waals surface area contributed by atoms with Crippen LogP contribution in [0.4, 0.5) is 11.5 Å². The van der Waals surface area contributed by atoms with E-state index in [4.69, 9.17) is 5.73 Å². The summed E-state index contributed by atoms with van der Waals surface area (Å²) in [5, 5.41) is 0. The topological polar surface area (TPSA) is 101 Å². The summed E-state index contributed by atoms with van der Waals surface area (Å²) in [6, 6.07) is 0. The number of carbonyl (C=O) groups is 1. The average Bonchev–Trinajstić information content (AvgIpc) is 2.60. The predicted octanol–water partition coefficient (Wildman–Crippen LogP) is 2.49. The van der Waals surface area contributed by atoms with E-state index >= 15 is 0 Å². The lowest BCUT2D eigenvalue weighted by atomic mass is 9.88. The number of hydrogen-bond donors (Lipinski definition) is 2. The molecule has 0 aromatic carbocycles. The number of H-pyrrole nitrogens is 1. The highest BCUT2D eigenvalue weighted by molar-refractivity contribution is 5.97. The Kier molecular flexibility index (Phi) is 7.06. The van der Waals surface area contributed by atoms with Crippen LogP contribution in [0.2, 0.25) is 0 Å². The molecule has 1 saturated carbocycles. The minimum atomic E-state index is -0.579. The summed E-state index contributed by atoms with van der Waals surface area (Å²) in [5.74, 6) is 0.156. The molecule has 1 fully saturated rings. The van der Waals surface area contributed by atoms with Crippen molar-refractivity contribution in [2.24, 2.45) is 11.8 Å². The molecule has 0 radical (unpaired) electrons. The molecule has 1 aromatic heterocycles. The predicted molar refractivity (Wildman–Crippen MR) is 104 cm³/mol. The van der Waals surface area contributed by atoms with Gasteiger partial charge >= 0.3 is 5.69 Å². The van der Waals surface area contributed by atoms with Gasteiger partial charge in [-0.25, -0.2) is 4.79 Å². The summed E-state index contributed by atoms with van der Waals surface area (Å²) in [5.41, 5.74) is 5.26. The van der Waals surface area contributed by atoms with Crippen molar-refractivity contribution in [1.29, 1.82) is 0 Å². The number of aromatic nitrogens is 2. The molecule has 0 unspecified atom stereocenters. The Morgan fingerprint density at radius 3 is 2.50 bits per heavy atom. The molecule has 1 aromatic rings. The van der Waals surface area contributed by atoms with Crippen LogP contribution in [-0.2, 0) is 11.3 Å². The van der Waals surface area contributed by atoms with Crippen molar-refractivity contribution in [3.05, 3.63) is 20.8 Å². The first-order valence-corrected chi connectivity index (χ1v) is 9.80. The Labute approximate surface area is 154 Å². The van der Waals surface area contributed by atoms with Crippen molar-refractivity contribution < 1.29 is 4.79 Å². The van der Waals surface area contributed by atoms with Crippen LogP contribution in [0.5, 0.6) is 0 Å². The molecule has 1 aliphatic rings. The Morgan fingerprint density at radius 1 is 1.27 bits per heavy atom. The summed E-state index contributed by atoms with van der Waals surface area (Å²) in [7, 11) is 0. The molecule has 3 N–H and O–H groups in total. The highest BCUT2D eigenvalue weighted by Crippen LogP contribution is 2.28. The molecule has 2 rings (SSSR count). The Bertz CT molecular complexity index is 729. The van der Waals surface area contributed by atoms with Crippen LogP contribution in [0.15, 0.2) is 9.59 Å². The van der Waals surface area contributed by atoms with Gasteiger partial charge in [-0.3, -0.25) is 19.1 Å². The number of hydrogen-bond acceptors (Lipinski definition) is 4. The average molecular weight is 364 g/mol. The molecule has 0 atom stereocenters. The van der Waals surface area contributed by atoms with Crippen LogP contribution in [0, 0.1) is 11.8 Å². The maximum absolute atomic E-state index is 13.2. The third-order valence-electron chi connectivity index (χ3n) is 4.99. The van der Waals surface area contributed by atoms with Gasteiger partial charge < -0.3 is 10.6 Å². The highest BCUT2D eigenvalue weighted by Gasteiger charge is 2.31. The molecule has 0 spiro atoms. The number of nitrogens with zero attached hydrogens (tertiary/aromatic N) is 2. The minimum Gasteiger partial charge on any atom is -0.383 e. The first kappa shape index (κ1) is 20.3. The summed E-state index contributed by atoms with van der Waals surface area (Å²) in [4.78, 5) is 41.8. The molecule has 7 heteroatoms. The van der Waals surface area contributed by atoms with Crippen LogP contribution in [-0.4, -0.2) is 22.0 Å². The van der Waals surface area contributed by atoms with E-state index < -0.39 is 11.2 Å². The lowest BCUT2D eigenvalue weighted by Gasteiger charge is -2.31. The quantitative estimate of drug-likeness (QED) is 0.776. The summed E-state index contributed by atoms with van der Waals surface area (Å²) in [6.07, 6.45) is 6.59. The van der Waals surface area contributed by atoms with Gasteiger partial charge in [0.15, 0.2) is 5.69 Å². The third kappa shape index (κ3) is 4.56. The Balaban J connectivity index is 2.48. The maximum atomic E-state index is 13.2. The van der Waals surface area contributed by atoms with E-state index in [1.807, 2.05) is 20.8 Å². The molecule has 0 bridgehead atoms. The number of nitrogens with one attached hydrogen (secondary N) is 1. The second-order valence-electron chi connectivity index (χ2n) is 7.68. The number of nitrogen functional groups attached to an aromatic ring is 1. The van der Waals surface area contributed by atoms with Crippen LogP contribution in [0.3, 0.4) is 0 Å². The minimum absolute atomic E-state index is 0.0451. The number of unbranched alkanes of at least 4 members (excludes halogenated alkanes) is 1. The molecule has 26 heavy (non-hydrogen) atoms. The molecule has 146 valence electrons. The normalized spacial score (nSPS) is 15.4. The molecule has 1 aliphatic carbocycles. The van der Waals surface area contributed by atoms with Crippen molar-refractivity contribution >= 4 is 17.4 Å². The smallest absolute Gasteiger partial charge is 0.330 e. The Morgan fingerprint density at radius 2 is 1.92 bits per heavy atom. The van der Waals surface area contributed by atoms with Gasteiger partial charge in [0.25, 0.3) is 5.56 Å². The van der Waals surface area contributed by atoms with Gasteiger partial charge in [0.05, 0.1) is 0 Å². The van der Waals surface area contributed by atoms with E-state index in [0.717, 1.165) is 44.9 Å².